The Balaban J connectivity index is 1.30. The second-order valence-electron chi connectivity index (χ2n) is 8.19. The van der Waals surface area contributed by atoms with Gasteiger partial charge in [0, 0.05) is 12.1 Å². The fourth-order valence-corrected chi connectivity index (χ4v) is 4.02. The molecule has 1 aliphatic heterocycles. The number of carbonyl (C=O) groups excluding carboxylic acids is 2. The molecular formula is C29H24N2O4. The lowest BCUT2D eigenvalue weighted by atomic mass is 9.99. The molecule has 4 aromatic carbocycles. The van der Waals surface area contributed by atoms with E-state index in [0.717, 1.165) is 16.7 Å². The van der Waals surface area contributed by atoms with Gasteiger partial charge in [0.2, 0.25) is 6.79 Å². The van der Waals surface area contributed by atoms with Crippen molar-refractivity contribution in [3.8, 4) is 11.5 Å². The molecule has 0 bridgehead atoms. The van der Waals surface area contributed by atoms with Gasteiger partial charge in [-0.3, -0.25) is 9.59 Å². The number of fused-ring (bicyclic) bond motifs is 1. The fraction of sp³-hybridized carbons (Fsp3) is 0.103. The van der Waals surface area contributed by atoms with Crippen molar-refractivity contribution in [3.05, 3.63) is 125 Å². The average molecular weight is 465 g/mol. The van der Waals surface area contributed by atoms with Crippen LogP contribution in [0, 0.1) is 0 Å². The zero-order valence-electron chi connectivity index (χ0n) is 19.0. The highest BCUT2D eigenvalue weighted by atomic mass is 16.7. The van der Waals surface area contributed by atoms with Gasteiger partial charge in [-0.05, 0) is 53.4 Å². The summed E-state index contributed by atoms with van der Waals surface area (Å²) >= 11 is 0. The first-order valence-electron chi connectivity index (χ1n) is 11.4. The van der Waals surface area contributed by atoms with Gasteiger partial charge in [-0.2, -0.15) is 0 Å². The fourth-order valence-electron chi connectivity index (χ4n) is 4.02. The Morgan fingerprint density at radius 2 is 1.40 bits per heavy atom. The molecule has 2 N–H and O–H groups in total. The maximum absolute atomic E-state index is 13.2. The molecule has 1 heterocycles. The van der Waals surface area contributed by atoms with Gasteiger partial charge in [0.15, 0.2) is 11.5 Å². The second-order valence-corrected chi connectivity index (χ2v) is 8.19. The third-order valence-corrected chi connectivity index (χ3v) is 5.81. The van der Waals surface area contributed by atoms with E-state index in [1.807, 2.05) is 66.7 Å². The summed E-state index contributed by atoms with van der Waals surface area (Å²) in [5.74, 6) is 0.822. The standard InChI is InChI=1S/C29H24N2O4/c32-28(30-18-21-14-15-26-27(17-21)35-19-34-26)24-12-6-7-13-25(24)31-29(33)23-11-5-4-10-22(23)16-20-8-2-1-3-9-20/h1-15,17H,16,18-19H2,(H,30,32)(H,31,33). The number of ether oxygens (including phenoxy) is 2. The van der Waals surface area contributed by atoms with E-state index in [1.54, 1.807) is 30.3 Å². The molecule has 0 saturated carbocycles. The summed E-state index contributed by atoms with van der Waals surface area (Å²) in [6.45, 7) is 0.518. The molecule has 2 amide bonds. The van der Waals surface area contributed by atoms with Crippen molar-refractivity contribution in [2.45, 2.75) is 13.0 Å². The topological polar surface area (TPSA) is 76.7 Å². The van der Waals surface area contributed by atoms with Gasteiger partial charge in [-0.1, -0.05) is 66.7 Å². The van der Waals surface area contributed by atoms with Crippen LogP contribution in [0.5, 0.6) is 11.5 Å². The highest BCUT2D eigenvalue weighted by Crippen LogP contribution is 2.32. The van der Waals surface area contributed by atoms with Crippen LogP contribution in [0.1, 0.15) is 37.4 Å². The third-order valence-electron chi connectivity index (χ3n) is 5.81. The molecular weight excluding hydrogens is 440 g/mol. The van der Waals surface area contributed by atoms with Crippen LogP contribution in [0.3, 0.4) is 0 Å². The Hall–Kier alpha value is -4.58. The lowest BCUT2D eigenvalue weighted by Gasteiger charge is -2.14. The van der Waals surface area contributed by atoms with Gasteiger partial charge in [0.1, 0.15) is 0 Å². The number of para-hydroxylation sites is 1. The van der Waals surface area contributed by atoms with E-state index >= 15 is 0 Å². The zero-order chi connectivity index (χ0) is 24.0. The van der Waals surface area contributed by atoms with Crippen LogP contribution < -0.4 is 20.1 Å². The molecule has 0 aliphatic carbocycles. The largest absolute Gasteiger partial charge is 0.454 e. The molecule has 35 heavy (non-hydrogen) atoms. The minimum absolute atomic E-state index is 0.201. The SMILES string of the molecule is O=C(Nc1ccccc1C(=O)NCc1ccc2c(c1)OCO2)c1ccccc1Cc1ccccc1. The third kappa shape index (κ3) is 5.17. The number of nitrogens with one attached hydrogen (secondary N) is 2. The Morgan fingerprint density at radius 1 is 0.686 bits per heavy atom. The number of hydrogen-bond acceptors (Lipinski definition) is 4. The van der Waals surface area contributed by atoms with Gasteiger partial charge >= 0.3 is 0 Å². The van der Waals surface area contributed by atoms with Gasteiger partial charge in [0.25, 0.3) is 11.8 Å². The van der Waals surface area contributed by atoms with Crippen molar-refractivity contribution in [1.82, 2.24) is 5.32 Å². The Morgan fingerprint density at radius 3 is 2.26 bits per heavy atom. The first-order valence-corrected chi connectivity index (χ1v) is 11.4. The molecule has 4 aromatic rings. The van der Waals surface area contributed by atoms with E-state index in [-0.39, 0.29) is 18.6 Å². The molecule has 174 valence electrons. The van der Waals surface area contributed by atoms with Crippen molar-refractivity contribution in [2.75, 3.05) is 12.1 Å². The molecule has 6 nitrogen and oxygen atoms in total. The maximum Gasteiger partial charge on any atom is 0.255 e. The van der Waals surface area contributed by atoms with Crippen LogP contribution in [-0.4, -0.2) is 18.6 Å². The van der Waals surface area contributed by atoms with Crippen molar-refractivity contribution >= 4 is 17.5 Å². The van der Waals surface area contributed by atoms with E-state index < -0.39 is 0 Å². The van der Waals surface area contributed by atoms with E-state index in [2.05, 4.69) is 10.6 Å². The Labute approximate surface area is 203 Å². The summed E-state index contributed by atoms with van der Waals surface area (Å²) in [5, 5.41) is 5.85. The molecule has 0 atom stereocenters. The van der Waals surface area contributed by atoms with Crippen LogP contribution >= 0.6 is 0 Å². The van der Waals surface area contributed by atoms with E-state index in [9.17, 15) is 9.59 Å². The number of anilines is 1. The number of benzene rings is 4. The van der Waals surface area contributed by atoms with E-state index in [0.29, 0.717) is 41.3 Å². The first-order chi connectivity index (χ1) is 17.2. The summed E-state index contributed by atoms with van der Waals surface area (Å²) in [6.07, 6.45) is 0.641. The average Bonchev–Trinajstić information content (AvgIpc) is 3.36. The number of amides is 2. The molecule has 6 heteroatoms. The Kier molecular flexibility index (Phi) is 6.44. The van der Waals surface area contributed by atoms with Crippen molar-refractivity contribution in [3.63, 3.8) is 0 Å². The lowest BCUT2D eigenvalue weighted by molar-refractivity contribution is 0.0951. The van der Waals surface area contributed by atoms with E-state index in [1.165, 1.54) is 0 Å². The molecule has 0 aromatic heterocycles. The minimum Gasteiger partial charge on any atom is -0.454 e. The Bertz CT molecular complexity index is 1370. The zero-order valence-corrected chi connectivity index (χ0v) is 19.0. The van der Waals surface area contributed by atoms with Crippen LogP contribution in [0.2, 0.25) is 0 Å². The molecule has 0 saturated heterocycles. The molecule has 5 rings (SSSR count). The van der Waals surface area contributed by atoms with Crippen LogP contribution in [0.15, 0.2) is 97.1 Å². The molecule has 0 spiro atoms. The second kappa shape index (κ2) is 10.1. The van der Waals surface area contributed by atoms with E-state index in [4.69, 9.17) is 9.47 Å². The van der Waals surface area contributed by atoms with Gasteiger partial charge < -0.3 is 20.1 Å². The molecule has 1 aliphatic rings. The summed E-state index contributed by atoms with van der Waals surface area (Å²) in [7, 11) is 0. The summed E-state index contributed by atoms with van der Waals surface area (Å²) in [5.41, 5.74) is 4.35. The maximum atomic E-state index is 13.2. The smallest absolute Gasteiger partial charge is 0.255 e. The highest BCUT2D eigenvalue weighted by Gasteiger charge is 2.17. The quantitative estimate of drug-likeness (QED) is 0.395. The minimum atomic E-state index is -0.281. The predicted molar refractivity (Wildman–Crippen MR) is 134 cm³/mol. The normalized spacial score (nSPS) is 11.7. The van der Waals surface area contributed by atoms with Crippen molar-refractivity contribution in [2.24, 2.45) is 0 Å². The summed E-state index contributed by atoms with van der Waals surface area (Å²) < 4.78 is 10.7. The van der Waals surface area contributed by atoms with Crippen LogP contribution in [-0.2, 0) is 13.0 Å². The van der Waals surface area contributed by atoms with Gasteiger partial charge in [-0.15, -0.1) is 0 Å². The summed E-state index contributed by atoms with van der Waals surface area (Å²) in [6, 6.07) is 30.1. The monoisotopic (exact) mass is 464 g/mol. The van der Waals surface area contributed by atoms with Crippen molar-refractivity contribution < 1.29 is 19.1 Å². The predicted octanol–water partition coefficient (Wildman–Crippen LogP) is 5.19. The number of hydrogen-bond donors (Lipinski definition) is 2. The molecule has 0 fully saturated rings. The lowest BCUT2D eigenvalue weighted by Crippen LogP contribution is -2.25. The molecule has 0 radical (unpaired) electrons. The highest BCUT2D eigenvalue weighted by molar-refractivity contribution is 6.09. The molecule has 0 unspecified atom stereocenters. The van der Waals surface area contributed by atoms with Gasteiger partial charge in [-0.25, -0.2) is 0 Å². The number of carbonyl (C=O) groups is 2. The summed E-state index contributed by atoms with van der Waals surface area (Å²) in [4.78, 5) is 26.2. The first kappa shape index (κ1) is 22.2. The number of rotatable bonds is 7. The van der Waals surface area contributed by atoms with Crippen LogP contribution in [0.4, 0.5) is 5.69 Å². The van der Waals surface area contributed by atoms with Crippen molar-refractivity contribution in [1.29, 1.82) is 0 Å². The van der Waals surface area contributed by atoms with Crippen LogP contribution in [0.25, 0.3) is 0 Å². The van der Waals surface area contributed by atoms with Gasteiger partial charge in [0.05, 0.1) is 11.3 Å².